The summed E-state index contributed by atoms with van der Waals surface area (Å²) in [4.78, 5) is 4.64. The molecule has 23 heavy (non-hydrogen) atoms. The summed E-state index contributed by atoms with van der Waals surface area (Å²) in [5, 5.41) is 6.65. The average Bonchev–Trinajstić information content (AvgIpc) is 3.31. The molecule has 1 aliphatic carbocycles. The Morgan fingerprint density at radius 1 is 1.30 bits per heavy atom. The first-order valence-corrected chi connectivity index (χ1v) is 9.40. The molecule has 0 heterocycles. The van der Waals surface area contributed by atoms with E-state index in [0.717, 1.165) is 41.8 Å². The number of benzene rings is 1. The van der Waals surface area contributed by atoms with Gasteiger partial charge in [-0.1, -0.05) is 18.9 Å². The number of nitrogens with zero attached hydrogens (tertiary/aromatic N) is 1. The summed E-state index contributed by atoms with van der Waals surface area (Å²) < 4.78 is 13.4. The van der Waals surface area contributed by atoms with Crippen molar-refractivity contribution in [3.63, 3.8) is 0 Å². The summed E-state index contributed by atoms with van der Waals surface area (Å²) >= 11 is 1.70. The molecule has 1 aliphatic rings. The zero-order valence-corrected chi connectivity index (χ0v) is 17.0. The van der Waals surface area contributed by atoms with Crippen LogP contribution in [0.4, 0.5) is 4.39 Å². The lowest BCUT2D eigenvalue weighted by Crippen LogP contribution is -2.37. The van der Waals surface area contributed by atoms with Crippen LogP contribution in [0.25, 0.3) is 0 Å². The molecule has 0 unspecified atom stereocenters. The SMILES string of the molecule is CCNC(=NCc1ccc(F)cc1CSC)NCCC1CC1.I. The van der Waals surface area contributed by atoms with Gasteiger partial charge in [-0.3, -0.25) is 0 Å². The number of hydrogen-bond acceptors (Lipinski definition) is 2. The minimum Gasteiger partial charge on any atom is -0.357 e. The third-order valence-corrected chi connectivity index (χ3v) is 4.36. The average molecular weight is 451 g/mol. The number of guanidine groups is 1. The topological polar surface area (TPSA) is 36.4 Å². The Morgan fingerprint density at radius 2 is 2.09 bits per heavy atom. The lowest BCUT2D eigenvalue weighted by atomic mass is 10.1. The Balaban J connectivity index is 0.00000264. The standard InChI is InChI=1S/C17H26FN3S.HI/c1-3-19-17(20-9-8-13-4-5-13)21-11-14-6-7-16(18)10-15(14)12-22-2;/h6-7,10,13H,3-5,8-9,11-12H2,1-2H3,(H2,19,20,21);1H. The fraction of sp³-hybridized carbons (Fsp3) is 0.588. The lowest BCUT2D eigenvalue weighted by molar-refractivity contribution is 0.625. The highest BCUT2D eigenvalue weighted by molar-refractivity contribution is 14.0. The van der Waals surface area contributed by atoms with Gasteiger partial charge in [0.2, 0.25) is 0 Å². The molecule has 0 bridgehead atoms. The van der Waals surface area contributed by atoms with Crippen molar-refractivity contribution in [1.82, 2.24) is 10.6 Å². The second-order valence-electron chi connectivity index (χ2n) is 5.70. The number of halogens is 2. The molecule has 1 aromatic carbocycles. The van der Waals surface area contributed by atoms with E-state index in [9.17, 15) is 4.39 Å². The Kier molecular flexibility index (Phi) is 9.94. The van der Waals surface area contributed by atoms with Gasteiger partial charge in [-0.05, 0) is 48.8 Å². The maximum atomic E-state index is 13.4. The fourth-order valence-electron chi connectivity index (χ4n) is 2.35. The van der Waals surface area contributed by atoms with Gasteiger partial charge in [0.25, 0.3) is 0 Å². The molecule has 0 spiro atoms. The molecule has 1 aromatic rings. The van der Waals surface area contributed by atoms with Crippen LogP contribution < -0.4 is 10.6 Å². The van der Waals surface area contributed by atoms with Crippen LogP contribution in [0, 0.1) is 11.7 Å². The van der Waals surface area contributed by atoms with Crippen LogP contribution in [0.3, 0.4) is 0 Å². The van der Waals surface area contributed by atoms with Gasteiger partial charge in [0, 0.05) is 18.8 Å². The van der Waals surface area contributed by atoms with Gasteiger partial charge >= 0.3 is 0 Å². The smallest absolute Gasteiger partial charge is 0.191 e. The van der Waals surface area contributed by atoms with E-state index < -0.39 is 0 Å². The first kappa shape index (κ1) is 20.5. The van der Waals surface area contributed by atoms with Crippen LogP contribution >= 0.6 is 35.7 Å². The van der Waals surface area contributed by atoms with Gasteiger partial charge in [-0.15, -0.1) is 24.0 Å². The van der Waals surface area contributed by atoms with E-state index >= 15 is 0 Å². The fourth-order valence-corrected chi connectivity index (χ4v) is 2.93. The van der Waals surface area contributed by atoms with Crippen molar-refractivity contribution in [3.05, 3.63) is 35.1 Å². The van der Waals surface area contributed by atoms with Crippen molar-refractivity contribution in [2.24, 2.45) is 10.9 Å². The van der Waals surface area contributed by atoms with Gasteiger partial charge < -0.3 is 10.6 Å². The van der Waals surface area contributed by atoms with Crippen LogP contribution in [-0.4, -0.2) is 25.3 Å². The molecule has 3 nitrogen and oxygen atoms in total. The van der Waals surface area contributed by atoms with Gasteiger partial charge in [-0.2, -0.15) is 11.8 Å². The zero-order valence-electron chi connectivity index (χ0n) is 13.9. The van der Waals surface area contributed by atoms with Gasteiger partial charge in [-0.25, -0.2) is 9.38 Å². The van der Waals surface area contributed by atoms with E-state index in [1.54, 1.807) is 17.8 Å². The normalized spacial score (nSPS) is 14.3. The van der Waals surface area contributed by atoms with E-state index in [-0.39, 0.29) is 29.8 Å². The zero-order chi connectivity index (χ0) is 15.8. The van der Waals surface area contributed by atoms with E-state index in [0.29, 0.717) is 6.54 Å². The number of hydrogen-bond donors (Lipinski definition) is 2. The Labute approximate surface area is 160 Å². The first-order chi connectivity index (χ1) is 10.7. The quantitative estimate of drug-likeness (QED) is 0.354. The molecular weight excluding hydrogens is 424 g/mol. The van der Waals surface area contributed by atoms with Gasteiger partial charge in [0.1, 0.15) is 5.82 Å². The van der Waals surface area contributed by atoms with Gasteiger partial charge in [0.15, 0.2) is 5.96 Å². The van der Waals surface area contributed by atoms with Crippen molar-refractivity contribution < 1.29 is 4.39 Å². The second-order valence-corrected chi connectivity index (χ2v) is 6.57. The minimum absolute atomic E-state index is 0. The van der Waals surface area contributed by atoms with Crippen LogP contribution in [0.15, 0.2) is 23.2 Å². The third-order valence-electron chi connectivity index (χ3n) is 3.76. The highest BCUT2D eigenvalue weighted by atomic mass is 127. The lowest BCUT2D eigenvalue weighted by Gasteiger charge is -2.12. The summed E-state index contributed by atoms with van der Waals surface area (Å²) in [5.74, 6) is 2.41. The number of nitrogens with one attached hydrogen (secondary N) is 2. The van der Waals surface area contributed by atoms with Crippen molar-refractivity contribution in [2.45, 2.75) is 38.5 Å². The van der Waals surface area contributed by atoms with Crippen LogP contribution in [0.2, 0.25) is 0 Å². The monoisotopic (exact) mass is 451 g/mol. The molecule has 0 amide bonds. The van der Waals surface area contributed by atoms with Crippen molar-refractivity contribution in [2.75, 3.05) is 19.3 Å². The predicted octanol–water partition coefficient (Wildman–Crippen LogP) is 4.16. The largest absolute Gasteiger partial charge is 0.357 e. The highest BCUT2D eigenvalue weighted by Crippen LogP contribution is 2.31. The third kappa shape index (κ3) is 7.74. The Morgan fingerprint density at radius 3 is 2.74 bits per heavy atom. The van der Waals surface area contributed by atoms with E-state index in [1.807, 2.05) is 12.3 Å². The molecule has 2 N–H and O–H groups in total. The summed E-state index contributed by atoms with van der Waals surface area (Å²) in [6.45, 7) is 4.46. The molecule has 0 saturated heterocycles. The Bertz CT molecular complexity index is 507. The van der Waals surface area contributed by atoms with Crippen LogP contribution in [-0.2, 0) is 12.3 Å². The number of aliphatic imine (C=N–C) groups is 1. The first-order valence-electron chi connectivity index (χ1n) is 8.01. The molecule has 1 fully saturated rings. The number of thioether (sulfide) groups is 1. The van der Waals surface area contributed by atoms with E-state index in [2.05, 4.69) is 22.5 Å². The predicted molar refractivity (Wildman–Crippen MR) is 109 cm³/mol. The molecule has 0 radical (unpaired) electrons. The molecule has 0 aromatic heterocycles. The van der Waals surface area contributed by atoms with E-state index in [4.69, 9.17) is 0 Å². The van der Waals surface area contributed by atoms with Crippen LogP contribution in [0.1, 0.15) is 37.3 Å². The molecule has 1 saturated carbocycles. The molecule has 0 aliphatic heterocycles. The minimum atomic E-state index is -0.175. The van der Waals surface area contributed by atoms with Crippen molar-refractivity contribution in [1.29, 1.82) is 0 Å². The van der Waals surface area contributed by atoms with Gasteiger partial charge in [0.05, 0.1) is 6.54 Å². The summed E-state index contributed by atoms with van der Waals surface area (Å²) in [7, 11) is 0. The molecule has 0 atom stereocenters. The van der Waals surface area contributed by atoms with E-state index in [1.165, 1.54) is 25.3 Å². The maximum Gasteiger partial charge on any atom is 0.191 e. The molecule has 130 valence electrons. The van der Waals surface area contributed by atoms with Crippen molar-refractivity contribution >= 4 is 41.7 Å². The molecule has 2 rings (SSSR count). The highest BCUT2D eigenvalue weighted by Gasteiger charge is 2.20. The summed E-state index contributed by atoms with van der Waals surface area (Å²) in [5.41, 5.74) is 2.13. The summed E-state index contributed by atoms with van der Waals surface area (Å²) in [6, 6.07) is 4.98. The maximum absolute atomic E-state index is 13.4. The molecular formula is C17H27FIN3S. The molecule has 6 heteroatoms. The number of rotatable bonds is 8. The summed E-state index contributed by atoms with van der Waals surface area (Å²) in [6.07, 6.45) is 6.01. The van der Waals surface area contributed by atoms with Crippen molar-refractivity contribution in [3.8, 4) is 0 Å². The van der Waals surface area contributed by atoms with Crippen LogP contribution in [0.5, 0.6) is 0 Å². The Hall–Kier alpha value is -0.500. The second kappa shape index (κ2) is 11.1.